The number of fused-ring (bicyclic) bond motifs is 6. The second kappa shape index (κ2) is 9.17. The first-order valence-electron chi connectivity index (χ1n) is 14.6. The molecule has 192 valence electrons. The first-order chi connectivity index (χ1) is 16.9. The summed E-state index contributed by atoms with van der Waals surface area (Å²) >= 11 is 0. The number of rotatable bonds is 4. The molecule has 0 spiro atoms. The average molecular weight is 480 g/mol. The van der Waals surface area contributed by atoms with E-state index in [4.69, 9.17) is 4.74 Å². The molecule has 0 aromatic heterocycles. The number of ether oxygens (including phenoxy) is 1. The Kier molecular flexibility index (Phi) is 6.28. The predicted octanol–water partition coefficient (Wildman–Crippen LogP) is 6.00. The molecule has 1 amide bonds. The highest BCUT2D eigenvalue weighted by molar-refractivity contribution is 5.96. The summed E-state index contributed by atoms with van der Waals surface area (Å²) in [7, 11) is 0. The Morgan fingerprint density at radius 3 is 2.74 bits per heavy atom. The minimum absolute atomic E-state index is 0.155. The van der Waals surface area contributed by atoms with Gasteiger partial charge in [0.05, 0.1) is 12.2 Å². The number of hydrogen-bond acceptors (Lipinski definition) is 3. The number of carbonyl (C=O) groups is 1. The van der Waals surface area contributed by atoms with Crippen LogP contribution in [0.2, 0.25) is 0 Å². The van der Waals surface area contributed by atoms with Crippen LogP contribution in [0, 0.1) is 40.9 Å². The van der Waals surface area contributed by atoms with E-state index < -0.39 is 5.60 Å². The number of amides is 1. The van der Waals surface area contributed by atoms with Gasteiger partial charge in [0.2, 0.25) is 5.91 Å². The minimum Gasteiger partial charge on any atom is -0.387 e. The van der Waals surface area contributed by atoms with Crippen LogP contribution < -0.4 is 4.90 Å². The van der Waals surface area contributed by atoms with Gasteiger partial charge < -0.3 is 14.7 Å². The van der Waals surface area contributed by atoms with Gasteiger partial charge in [-0.1, -0.05) is 25.1 Å². The summed E-state index contributed by atoms with van der Waals surface area (Å²) in [4.78, 5) is 16.2. The largest absolute Gasteiger partial charge is 0.387 e. The first kappa shape index (κ1) is 24.0. The summed E-state index contributed by atoms with van der Waals surface area (Å²) in [6.07, 6.45) is 12.5. The lowest BCUT2D eigenvalue weighted by atomic mass is 9.49. The molecule has 4 nitrogen and oxygen atoms in total. The van der Waals surface area contributed by atoms with Crippen LogP contribution in [-0.2, 0) is 16.0 Å². The standard InChI is InChI=1S/C31H45NO3/c1-3-35-20-31(34)17-15-23-22(19-31)10-11-25-24(23)14-16-30(2)26(25)12-13-27(30)29(33)32-18-6-8-21-7-4-5-9-28(21)32/h4-5,7,9,22-27,34H,3,6,8,10-20H2,1-2H3/t22-,23+,24-,25-,26+,27-,30+,31-/m1/s1. The van der Waals surface area contributed by atoms with Crippen LogP contribution in [0.4, 0.5) is 5.69 Å². The molecular weight excluding hydrogens is 434 g/mol. The molecule has 1 heterocycles. The lowest BCUT2D eigenvalue weighted by Gasteiger charge is -2.57. The van der Waals surface area contributed by atoms with Gasteiger partial charge in [-0.3, -0.25) is 4.79 Å². The third kappa shape index (κ3) is 3.98. The molecule has 4 aliphatic carbocycles. The summed E-state index contributed by atoms with van der Waals surface area (Å²) in [5, 5.41) is 11.2. The lowest BCUT2D eigenvalue weighted by Crippen LogP contribution is -2.53. The van der Waals surface area contributed by atoms with E-state index in [1.807, 2.05) is 6.92 Å². The van der Waals surface area contributed by atoms with Crippen molar-refractivity contribution in [1.29, 1.82) is 0 Å². The van der Waals surface area contributed by atoms with Gasteiger partial charge in [0.25, 0.3) is 0 Å². The molecule has 8 atom stereocenters. The van der Waals surface area contributed by atoms with E-state index in [1.54, 1.807) is 0 Å². The van der Waals surface area contributed by atoms with Gasteiger partial charge in [0.15, 0.2) is 0 Å². The van der Waals surface area contributed by atoms with Crippen molar-refractivity contribution < 1.29 is 14.6 Å². The Hall–Kier alpha value is -1.39. The topological polar surface area (TPSA) is 49.8 Å². The van der Waals surface area contributed by atoms with E-state index in [0.717, 1.165) is 62.8 Å². The van der Waals surface area contributed by atoms with E-state index >= 15 is 0 Å². The Balaban J connectivity index is 1.18. The summed E-state index contributed by atoms with van der Waals surface area (Å²) in [5.74, 6) is 4.29. The molecule has 5 aliphatic rings. The Labute approximate surface area is 211 Å². The fraction of sp³-hybridized carbons (Fsp3) is 0.774. The van der Waals surface area contributed by atoms with E-state index in [0.29, 0.717) is 31.0 Å². The number of anilines is 1. The number of carbonyl (C=O) groups excluding carboxylic acids is 1. The van der Waals surface area contributed by atoms with Crippen molar-refractivity contribution in [2.45, 2.75) is 90.1 Å². The van der Waals surface area contributed by atoms with Gasteiger partial charge in [0, 0.05) is 24.8 Å². The van der Waals surface area contributed by atoms with Crippen LogP contribution in [0.3, 0.4) is 0 Å². The predicted molar refractivity (Wildman–Crippen MR) is 139 cm³/mol. The van der Waals surface area contributed by atoms with Crippen molar-refractivity contribution in [1.82, 2.24) is 0 Å². The van der Waals surface area contributed by atoms with Gasteiger partial charge in [-0.05, 0) is 124 Å². The van der Waals surface area contributed by atoms with E-state index in [2.05, 4.69) is 36.1 Å². The molecule has 0 bridgehead atoms. The number of aliphatic hydroxyl groups is 1. The third-order valence-electron chi connectivity index (χ3n) is 11.4. The zero-order chi connectivity index (χ0) is 24.2. The summed E-state index contributed by atoms with van der Waals surface area (Å²) in [6, 6.07) is 8.57. The monoisotopic (exact) mass is 479 g/mol. The fourth-order valence-electron chi connectivity index (χ4n) is 9.74. The highest BCUT2D eigenvalue weighted by atomic mass is 16.5. The Morgan fingerprint density at radius 1 is 1.06 bits per heavy atom. The highest BCUT2D eigenvalue weighted by Crippen LogP contribution is 2.65. The van der Waals surface area contributed by atoms with Crippen molar-refractivity contribution in [3.8, 4) is 0 Å². The molecule has 0 radical (unpaired) electrons. The van der Waals surface area contributed by atoms with Crippen LogP contribution in [-0.4, -0.2) is 36.4 Å². The minimum atomic E-state index is -0.608. The molecule has 1 aromatic carbocycles. The molecule has 1 N–H and O–H groups in total. The van der Waals surface area contributed by atoms with Crippen molar-refractivity contribution in [2.75, 3.05) is 24.7 Å². The first-order valence-corrected chi connectivity index (χ1v) is 14.6. The highest BCUT2D eigenvalue weighted by Gasteiger charge is 2.59. The molecule has 4 fully saturated rings. The zero-order valence-electron chi connectivity index (χ0n) is 21.9. The maximum atomic E-state index is 14.1. The number of aryl methyl sites for hydroxylation is 1. The van der Waals surface area contributed by atoms with Crippen molar-refractivity contribution >= 4 is 11.6 Å². The van der Waals surface area contributed by atoms with Crippen LogP contribution in [0.5, 0.6) is 0 Å². The van der Waals surface area contributed by atoms with Crippen molar-refractivity contribution in [3.05, 3.63) is 29.8 Å². The van der Waals surface area contributed by atoms with E-state index in [9.17, 15) is 9.90 Å². The number of para-hydroxylation sites is 1. The maximum absolute atomic E-state index is 14.1. The van der Waals surface area contributed by atoms with Crippen LogP contribution in [0.1, 0.15) is 83.6 Å². The van der Waals surface area contributed by atoms with Gasteiger partial charge in [-0.2, -0.15) is 0 Å². The molecule has 4 saturated carbocycles. The summed E-state index contributed by atoms with van der Waals surface area (Å²) < 4.78 is 5.65. The number of hydrogen-bond donors (Lipinski definition) is 1. The number of nitrogens with zero attached hydrogens (tertiary/aromatic N) is 1. The molecule has 0 saturated heterocycles. The maximum Gasteiger partial charge on any atom is 0.230 e. The third-order valence-corrected chi connectivity index (χ3v) is 11.4. The normalized spacial score (nSPS) is 42.5. The van der Waals surface area contributed by atoms with E-state index in [1.165, 1.54) is 43.4 Å². The van der Waals surface area contributed by atoms with Gasteiger partial charge in [0.1, 0.15) is 0 Å². The van der Waals surface area contributed by atoms with Gasteiger partial charge >= 0.3 is 0 Å². The summed E-state index contributed by atoms with van der Waals surface area (Å²) in [5.41, 5.74) is 2.06. The van der Waals surface area contributed by atoms with Crippen molar-refractivity contribution in [2.24, 2.45) is 40.9 Å². The second-order valence-corrected chi connectivity index (χ2v) is 12.9. The molecule has 35 heavy (non-hydrogen) atoms. The van der Waals surface area contributed by atoms with Crippen LogP contribution in [0.15, 0.2) is 24.3 Å². The number of benzene rings is 1. The Morgan fingerprint density at radius 2 is 1.89 bits per heavy atom. The molecule has 4 heteroatoms. The van der Waals surface area contributed by atoms with E-state index in [-0.39, 0.29) is 11.3 Å². The van der Waals surface area contributed by atoms with Gasteiger partial charge in [-0.25, -0.2) is 0 Å². The summed E-state index contributed by atoms with van der Waals surface area (Å²) in [6.45, 7) is 6.57. The van der Waals surface area contributed by atoms with Crippen molar-refractivity contribution in [3.63, 3.8) is 0 Å². The molecule has 0 unspecified atom stereocenters. The second-order valence-electron chi connectivity index (χ2n) is 12.9. The zero-order valence-corrected chi connectivity index (χ0v) is 21.9. The fourth-order valence-corrected chi connectivity index (χ4v) is 9.74. The van der Waals surface area contributed by atoms with Gasteiger partial charge in [-0.15, -0.1) is 0 Å². The SMILES string of the molecule is CCOC[C@@]1(O)CC[C@H]2[C@H](CC[C@@H]3[C@@H]2CC[C@]2(C)[C@@H](C(=O)N4CCCc5ccccc54)CC[C@@H]32)C1. The molecule has 1 aromatic rings. The van der Waals surface area contributed by atoms with Crippen LogP contribution in [0.25, 0.3) is 0 Å². The smallest absolute Gasteiger partial charge is 0.230 e. The molecule has 1 aliphatic heterocycles. The molecular formula is C31H45NO3. The lowest BCUT2D eigenvalue weighted by molar-refractivity contribution is -0.137. The molecule has 6 rings (SSSR count). The quantitative estimate of drug-likeness (QED) is 0.576. The Bertz CT molecular complexity index is 947. The van der Waals surface area contributed by atoms with Crippen LogP contribution >= 0.6 is 0 Å². The average Bonchev–Trinajstić information content (AvgIpc) is 3.23.